The van der Waals surface area contributed by atoms with Crippen LogP contribution in [0.2, 0.25) is 0 Å². The van der Waals surface area contributed by atoms with Gasteiger partial charge in [0, 0.05) is 0 Å². The van der Waals surface area contributed by atoms with Gasteiger partial charge in [0.05, 0.1) is 12.1 Å². The van der Waals surface area contributed by atoms with E-state index in [9.17, 15) is 10.5 Å². The third kappa shape index (κ3) is 0.942. The van der Waals surface area contributed by atoms with Gasteiger partial charge < -0.3 is 0 Å². The van der Waals surface area contributed by atoms with Crippen molar-refractivity contribution < 1.29 is 0 Å². The van der Waals surface area contributed by atoms with Crippen LogP contribution in [0.1, 0.15) is 24.0 Å². The summed E-state index contributed by atoms with van der Waals surface area (Å²) in [5.41, 5.74) is 3.97. The summed E-state index contributed by atoms with van der Waals surface area (Å²) in [6.45, 7) is 0. The Balaban J connectivity index is 2.18. The molecule has 3 rings (SSSR count). The zero-order valence-corrected chi connectivity index (χ0v) is 8.83. The Morgan fingerprint density at radius 1 is 1.12 bits per heavy atom. The Morgan fingerprint density at radius 3 is 2.62 bits per heavy atom. The number of hydrogen-bond acceptors (Lipinski definition) is 2. The minimum atomic E-state index is -0.853. The molecule has 0 spiro atoms. The van der Waals surface area contributed by atoms with Crippen molar-refractivity contribution in [2.75, 3.05) is 0 Å². The number of fused-ring (bicyclic) bond motifs is 2. The molecule has 0 amide bonds. The molecule has 0 aromatic heterocycles. The standard InChI is InChI=1S/C14H10N2/c15-8-14(9-16)6-5-12-11-4-2-1-3-10(11)7-13(12)14/h1-4H,5-7H2. The second kappa shape index (κ2) is 2.97. The Hall–Kier alpha value is -2.06. The monoisotopic (exact) mass is 206 g/mol. The maximum Gasteiger partial charge on any atom is 0.165 e. The third-order valence-corrected chi connectivity index (χ3v) is 3.72. The molecule has 2 heteroatoms. The molecule has 2 aliphatic carbocycles. The maximum absolute atomic E-state index is 9.24. The molecule has 0 atom stereocenters. The maximum atomic E-state index is 9.24. The van der Waals surface area contributed by atoms with Gasteiger partial charge in [0.25, 0.3) is 0 Å². The molecule has 1 aromatic rings. The van der Waals surface area contributed by atoms with Crippen LogP contribution in [0, 0.1) is 28.1 Å². The predicted molar refractivity (Wildman–Crippen MR) is 60.0 cm³/mol. The van der Waals surface area contributed by atoms with Gasteiger partial charge in [-0.05, 0) is 41.5 Å². The Bertz CT molecular complexity index is 567. The Labute approximate surface area is 94.4 Å². The zero-order chi connectivity index (χ0) is 11.2. The Morgan fingerprint density at radius 2 is 1.88 bits per heavy atom. The van der Waals surface area contributed by atoms with Gasteiger partial charge in [-0.3, -0.25) is 0 Å². The molecule has 0 heterocycles. The molecule has 0 bridgehead atoms. The fourth-order valence-corrected chi connectivity index (χ4v) is 2.86. The molecule has 0 aliphatic heterocycles. The summed E-state index contributed by atoms with van der Waals surface area (Å²) in [5.74, 6) is 0. The largest absolute Gasteiger partial charge is 0.196 e. The molecule has 0 unspecified atom stereocenters. The second-order valence-electron chi connectivity index (χ2n) is 4.42. The normalized spacial score (nSPS) is 19.9. The molecule has 1 aromatic carbocycles. The first-order valence-corrected chi connectivity index (χ1v) is 5.44. The second-order valence-corrected chi connectivity index (χ2v) is 4.42. The Kier molecular flexibility index (Phi) is 1.70. The molecular formula is C14H10N2. The van der Waals surface area contributed by atoms with E-state index in [4.69, 9.17) is 0 Å². The van der Waals surface area contributed by atoms with E-state index in [-0.39, 0.29) is 0 Å². The topological polar surface area (TPSA) is 47.6 Å². The van der Waals surface area contributed by atoms with Crippen LogP contribution in [0.3, 0.4) is 0 Å². The van der Waals surface area contributed by atoms with Crippen molar-refractivity contribution in [3.8, 4) is 12.1 Å². The molecule has 0 fully saturated rings. The number of benzene rings is 1. The highest BCUT2D eigenvalue weighted by atomic mass is 14.5. The number of hydrogen-bond donors (Lipinski definition) is 0. The summed E-state index contributed by atoms with van der Waals surface area (Å²) >= 11 is 0. The van der Waals surface area contributed by atoms with Gasteiger partial charge in [-0.15, -0.1) is 0 Å². The molecule has 0 N–H and O–H groups in total. The molecule has 16 heavy (non-hydrogen) atoms. The molecule has 0 saturated heterocycles. The summed E-state index contributed by atoms with van der Waals surface area (Å²) in [6.07, 6.45) is 2.32. The van der Waals surface area contributed by atoms with E-state index in [1.807, 2.05) is 12.1 Å². The zero-order valence-electron chi connectivity index (χ0n) is 8.83. The minimum absolute atomic E-state index is 0.666. The lowest BCUT2D eigenvalue weighted by atomic mass is 9.82. The van der Waals surface area contributed by atoms with Crippen LogP contribution >= 0.6 is 0 Å². The van der Waals surface area contributed by atoms with Crippen molar-refractivity contribution >= 4 is 5.57 Å². The van der Waals surface area contributed by atoms with E-state index < -0.39 is 5.41 Å². The summed E-state index contributed by atoms with van der Waals surface area (Å²) in [7, 11) is 0. The van der Waals surface area contributed by atoms with E-state index in [0.29, 0.717) is 6.42 Å². The summed E-state index contributed by atoms with van der Waals surface area (Å²) in [4.78, 5) is 0. The fourth-order valence-electron chi connectivity index (χ4n) is 2.86. The van der Waals surface area contributed by atoms with Crippen molar-refractivity contribution in [3.63, 3.8) is 0 Å². The average molecular weight is 206 g/mol. The van der Waals surface area contributed by atoms with Crippen molar-refractivity contribution in [1.29, 1.82) is 10.5 Å². The van der Waals surface area contributed by atoms with E-state index in [1.165, 1.54) is 16.7 Å². The summed E-state index contributed by atoms with van der Waals surface area (Å²) < 4.78 is 0. The van der Waals surface area contributed by atoms with Crippen LogP contribution in [-0.2, 0) is 6.42 Å². The first-order chi connectivity index (χ1) is 7.80. The van der Waals surface area contributed by atoms with Crippen LogP contribution in [-0.4, -0.2) is 0 Å². The van der Waals surface area contributed by atoms with E-state index in [1.54, 1.807) is 0 Å². The first kappa shape index (κ1) is 9.19. The van der Waals surface area contributed by atoms with Gasteiger partial charge in [-0.1, -0.05) is 24.3 Å². The fraction of sp³-hybridized carbons (Fsp3) is 0.286. The van der Waals surface area contributed by atoms with E-state index in [0.717, 1.165) is 18.4 Å². The van der Waals surface area contributed by atoms with Crippen LogP contribution in [0.15, 0.2) is 29.8 Å². The first-order valence-electron chi connectivity index (χ1n) is 5.44. The lowest BCUT2D eigenvalue weighted by Crippen LogP contribution is -2.15. The number of nitriles is 2. The number of allylic oxidation sites excluding steroid dienone is 2. The van der Waals surface area contributed by atoms with E-state index >= 15 is 0 Å². The van der Waals surface area contributed by atoms with Crippen LogP contribution in [0.4, 0.5) is 0 Å². The van der Waals surface area contributed by atoms with Gasteiger partial charge in [-0.2, -0.15) is 10.5 Å². The molecule has 2 aliphatic rings. The van der Waals surface area contributed by atoms with Gasteiger partial charge in [0.2, 0.25) is 0 Å². The number of rotatable bonds is 0. The minimum Gasteiger partial charge on any atom is -0.196 e. The lowest BCUT2D eigenvalue weighted by Gasteiger charge is -2.14. The van der Waals surface area contributed by atoms with Crippen LogP contribution in [0.25, 0.3) is 5.57 Å². The quantitative estimate of drug-likeness (QED) is 0.655. The third-order valence-electron chi connectivity index (χ3n) is 3.72. The number of nitrogens with zero attached hydrogens (tertiary/aromatic N) is 2. The average Bonchev–Trinajstić information content (AvgIpc) is 2.86. The van der Waals surface area contributed by atoms with Crippen molar-refractivity contribution in [1.82, 2.24) is 0 Å². The highest BCUT2D eigenvalue weighted by Crippen LogP contribution is 2.52. The molecule has 0 radical (unpaired) electrons. The van der Waals surface area contributed by atoms with Crippen LogP contribution in [0.5, 0.6) is 0 Å². The van der Waals surface area contributed by atoms with Crippen molar-refractivity contribution in [2.24, 2.45) is 5.41 Å². The van der Waals surface area contributed by atoms with Gasteiger partial charge in [0.1, 0.15) is 0 Å². The predicted octanol–water partition coefficient (Wildman–Crippen LogP) is 2.82. The SMILES string of the molecule is N#CC1(C#N)CCC2=C1Cc1ccccc12. The smallest absolute Gasteiger partial charge is 0.165 e. The van der Waals surface area contributed by atoms with Crippen LogP contribution < -0.4 is 0 Å². The highest BCUT2D eigenvalue weighted by Gasteiger charge is 2.44. The van der Waals surface area contributed by atoms with E-state index in [2.05, 4.69) is 24.3 Å². The highest BCUT2D eigenvalue weighted by molar-refractivity contribution is 5.81. The summed E-state index contributed by atoms with van der Waals surface area (Å²) in [6, 6.07) is 12.7. The van der Waals surface area contributed by atoms with Gasteiger partial charge in [0.15, 0.2) is 5.41 Å². The summed E-state index contributed by atoms with van der Waals surface area (Å²) in [5, 5.41) is 18.5. The molecule has 2 nitrogen and oxygen atoms in total. The molecule has 76 valence electrons. The van der Waals surface area contributed by atoms with Crippen molar-refractivity contribution in [3.05, 3.63) is 41.0 Å². The molecule has 0 saturated carbocycles. The van der Waals surface area contributed by atoms with Gasteiger partial charge >= 0.3 is 0 Å². The molecular weight excluding hydrogens is 196 g/mol. The lowest BCUT2D eigenvalue weighted by molar-refractivity contribution is 0.595. The van der Waals surface area contributed by atoms with Crippen molar-refractivity contribution in [2.45, 2.75) is 19.3 Å². The van der Waals surface area contributed by atoms with Gasteiger partial charge in [-0.25, -0.2) is 0 Å².